The first-order chi connectivity index (χ1) is 10.1. The van der Waals surface area contributed by atoms with Crippen LogP contribution in [0, 0.1) is 4.64 Å². The van der Waals surface area contributed by atoms with Crippen molar-refractivity contribution in [3.05, 3.63) is 17.3 Å². The van der Waals surface area contributed by atoms with Crippen molar-refractivity contribution in [2.24, 2.45) is 0 Å². The Kier molecular flexibility index (Phi) is 4.98. The molecule has 1 aliphatic rings. The molecule has 0 saturated carbocycles. The molecule has 116 valence electrons. The van der Waals surface area contributed by atoms with Crippen molar-refractivity contribution in [1.82, 2.24) is 19.5 Å². The van der Waals surface area contributed by atoms with Crippen LogP contribution in [-0.2, 0) is 4.74 Å². The van der Waals surface area contributed by atoms with Crippen LogP contribution >= 0.6 is 12.2 Å². The minimum atomic E-state index is -1.28. The molecule has 1 fully saturated rings. The molecule has 10 heteroatoms. The Hall–Kier alpha value is -1.43. The fourth-order valence-electron chi connectivity index (χ4n) is 2.10. The molecular weight excluding hydrogens is 300 g/mol. The van der Waals surface area contributed by atoms with Crippen LogP contribution in [0.4, 0.5) is 0 Å². The average molecular weight is 316 g/mol. The highest BCUT2D eigenvalue weighted by atomic mass is 32.1. The number of aromatic amines is 1. The fraction of sp³-hybridized carbons (Fsp3) is 0.545. The third-order valence-corrected chi connectivity index (χ3v) is 3.43. The highest BCUT2D eigenvalue weighted by Gasteiger charge is 2.39. The van der Waals surface area contributed by atoms with Gasteiger partial charge in [-0.25, -0.2) is 9.97 Å². The Bertz CT molecular complexity index is 659. The van der Waals surface area contributed by atoms with Gasteiger partial charge < -0.3 is 30.1 Å². The molecule has 2 aromatic heterocycles. The van der Waals surface area contributed by atoms with Crippen LogP contribution in [-0.4, -0.2) is 72.0 Å². The van der Waals surface area contributed by atoms with Crippen molar-refractivity contribution < 1.29 is 25.2 Å². The first kappa shape index (κ1) is 15.9. The van der Waals surface area contributed by atoms with E-state index in [4.69, 9.17) is 22.1 Å². The smallest absolute Gasteiger partial charge is 0.165 e. The zero-order chi connectivity index (χ0) is 15.6. The lowest BCUT2D eigenvalue weighted by Gasteiger charge is -2.35. The number of imidazole rings is 1. The first-order valence-electron chi connectivity index (χ1n) is 6.10. The van der Waals surface area contributed by atoms with E-state index in [1.807, 2.05) is 0 Å². The number of fused-ring (bicyclic) bond motifs is 1. The van der Waals surface area contributed by atoms with Gasteiger partial charge in [-0.05, 0) is 0 Å². The number of hydrogen-bond acceptors (Lipinski definition) is 8. The van der Waals surface area contributed by atoms with Gasteiger partial charge in [0.25, 0.3) is 0 Å². The molecule has 3 heterocycles. The quantitative estimate of drug-likeness (QED) is 0.410. The van der Waals surface area contributed by atoms with Crippen molar-refractivity contribution in [3.63, 3.8) is 0 Å². The molecule has 9 nitrogen and oxygen atoms in total. The van der Waals surface area contributed by atoms with Crippen LogP contribution in [0.15, 0.2) is 12.7 Å². The van der Waals surface area contributed by atoms with Gasteiger partial charge in [0.05, 0.1) is 19.3 Å². The number of aliphatic hydroxyl groups is 4. The summed E-state index contributed by atoms with van der Waals surface area (Å²) in [6, 6.07) is 0. The third kappa shape index (κ3) is 2.81. The van der Waals surface area contributed by atoms with E-state index in [0.717, 1.165) is 7.11 Å². The zero-order valence-electron chi connectivity index (χ0n) is 11.1. The summed E-state index contributed by atoms with van der Waals surface area (Å²) in [5.74, 6) is 0. The minimum Gasteiger partial charge on any atom is -0.400 e. The second-order valence-corrected chi connectivity index (χ2v) is 4.72. The number of aromatic nitrogens is 4. The average Bonchev–Trinajstić information content (AvgIpc) is 2.93. The molecule has 0 amide bonds. The summed E-state index contributed by atoms with van der Waals surface area (Å²) in [5.41, 5.74) is 1.02. The number of aliphatic hydroxyl groups excluding tert-OH is 4. The number of nitrogens with zero attached hydrogens (tertiary/aromatic N) is 3. The van der Waals surface area contributed by atoms with Gasteiger partial charge in [0.2, 0.25) is 0 Å². The van der Waals surface area contributed by atoms with Crippen molar-refractivity contribution >= 4 is 23.4 Å². The number of nitrogens with one attached hydrogen (secondary N) is 1. The van der Waals surface area contributed by atoms with Gasteiger partial charge in [-0.15, -0.1) is 0 Å². The van der Waals surface area contributed by atoms with E-state index in [0.29, 0.717) is 15.8 Å². The predicted molar refractivity (Wildman–Crippen MR) is 73.9 cm³/mol. The zero-order valence-corrected chi connectivity index (χ0v) is 11.9. The molecule has 1 saturated heterocycles. The van der Waals surface area contributed by atoms with Crippen LogP contribution in [0.25, 0.3) is 11.2 Å². The minimum absolute atomic E-state index is 0.0750. The maximum atomic E-state index is 9.97. The van der Waals surface area contributed by atoms with Crippen molar-refractivity contribution in [1.29, 1.82) is 0 Å². The Morgan fingerprint density at radius 1 is 1.29 bits per heavy atom. The second kappa shape index (κ2) is 6.56. The van der Waals surface area contributed by atoms with Gasteiger partial charge in [-0.3, -0.25) is 4.57 Å². The molecule has 4 unspecified atom stereocenters. The standard InChI is InChI=1S/C10H12N4O4S.CH4O/c15-4-1-18-10(7(17)6(4)16)14-3-13-5-8(14)11-2-12-9(5)19;1-2/h2-4,6-7,10,15-17H,1H2,(H,11,12,19);2H,1H3. The molecule has 4 atom stereocenters. The molecule has 0 aliphatic carbocycles. The Balaban J connectivity index is 0.000000774. The Morgan fingerprint density at radius 3 is 2.71 bits per heavy atom. The molecule has 3 rings (SSSR count). The van der Waals surface area contributed by atoms with Crippen LogP contribution in [0.3, 0.4) is 0 Å². The molecule has 21 heavy (non-hydrogen) atoms. The maximum absolute atomic E-state index is 9.97. The summed E-state index contributed by atoms with van der Waals surface area (Å²) in [6.07, 6.45) is -1.64. The highest BCUT2D eigenvalue weighted by Crippen LogP contribution is 2.26. The summed E-state index contributed by atoms with van der Waals surface area (Å²) >= 11 is 5.04. The van der Waals surface area contributed by atoms with E-state index in [-0.39, 0.29) is 6.61 Å². The van der Waals surface area contributed by atoms with Gasteiger partial charge in [0.1, 0.15) is 29.5 Å². The molecule has 1 aliphatic heterocycles. The van der Waals surface area contributed by atoms with Crippen molar-refractivity contribution in [2.45, 2.75) is 24.5 Å². The lowest BCUT2D eigenvalue weighted by molar-refractivity contribution is -0.210. The first-order valence-corrected chi connectivity index (χ1v) is 6.51. The molecule has 0 bridgehead atoms. The van der Waals surface area contributed by atoms with Crippen molar-refractivity contribution in [3.8, 4) is 0 Å². The van der Waals surface area contributed by atoms with E-state index in [1.165, 1.54) is 17.2 Å². The molecular formula is C11H16N4O5S. The molecule has 0 aromatic carbocycles. The molecule has 0 radical (unpaired) electrons. The molecule has 2 aromatic rings. The molecule has 5 N–H and O–H groups in total. The Morgan fingerprint density at radius 2 is 2.00 bits per heavy atom. The normalized spacial score (nSPS) is 29.0. The summed E-state index contributed by atoms with van der Waals surface area (Å²) in [5, 5.41) is 36.1. The van der Waals surface area contributed by atoms with E-state index >= 15 is 0 Å². The van der Waals surface area contributed by atoms with Gasteiger partial charge in [0, 0.05) is 7.11 Å². The van der Waals surface area contributed by atoms with E-state index in [9.17, 15) is 15.3 Å². The monoisotopic (exact) mass is 316 g/mol. The predicted octanol–water partition coefficient (Wildman–Crippen LogP) is -1.29. The van der Waals surface area contributed by atoms with Crippen LogP contribution < -0.4 is 0 Å². The van der Waals surface area contributed by atoms with E-state index < -0.39 is 24.5 Å². The second-order valence-electron chi connectivity index (χ2n) is 4.33. The van der Waals surface area contributed by atoms with E-state index in [1.54, 1.807) is 0 Å². The number of hydrogen-bond donors (Lipinski definition) is 5. The third-order valence-electron chi connectivity index (χ3n) is 3.13. The van der Waals surface area contributed by atoms with Gasteiger partial charge >= 0.3 is 0 Å². The lowest BCUT2D eigenvalue weighted by Crippen LogP contribution is -2.50. The lowest BCUT2D eigenvalue weighted by atomic mass is 10.0. The van der Waals surface area contributed by atoms with Gasteiger partial charge in [-0.2, -0.15) is 0 Å². The maximum Gasteiger partial charge on any atom is 0.165 e. The number of ether oxygens (including phenoxy) is 1. The highest BCUT2D eigenvalue weighted by molar-refractivity contribution is 7.71. The van der Waals surface area contributed by atoms with Crippen LogP contribution in [0.1, 0.15) is 6.23 Å². The Labute approximate surface area is 124 Å². The van der Waals surface area contributed by atoms with Crippen molar-refractivity contribution in [2.75, 3.05) is 13.7 Å². The van der Waals surface area contributed by atoms with Gasteiger partial charge in [-0.1, -0.05) is 12.2 Å². The number of rotatable bonds is 1. The van der Waals surface area contributed by atoms with Crippen LogP contribution in [0.2, 0.25) is 0 Å². The fourth-order valence-corrected chi connectivity index (χ4v) is 2.30. The summed E-state index contributed by atoms with van der Waals surface area (Å²) in [6.45, 7) is -0.0750. The largest absolute Gasteiger partial charge is 0.400 e. The molecule has 0 spiro atoms. The summed E-state index contributed by atoms with van der Waals surface area (Å²) in [4.78, 5) is 10.9. The SMILES string of the molecule is CO.OC1COC(n2cnc3c(=S)nc[nH]c32)C(O)C1O. The van der Waals surface area contributed by atoms with Gasteiger partial charge in [0.15, 0.2) is 10.9 Å². The topological polar surface area (TPSA) is 137 Å². The van der Waals surface area contributed by atoms with Crippen LogP contribution in [0.5, 0.6) is 0 Å². The number of H-pyrrole nitrogens is 1. The summed E-state index contributed by atoms with van der Waals surface area (Å²) < 4.78 is 7.21. The van der Waals surface area contributed by atoms with E-state index in [2.05, 4.69) is 15.0 Å². The summed E-state index contributed by atoms with van der Waals surface area (Å²) in [7, 11) is 1.00.